The number of likely N-dealkylation sites (tertiary alicyclic amines) is 1. The topological polar surface area (TPSA) is 76.4 Å². The normalized spacial score (nSPS) is 19.5. The third-order valence-corrected chi connectivity index (χ3v) is 5.66. The van der Waals surface area contributed by atoms with E-state index in [-0.39, 0.29) is 11.5 Å². The van der Waals surface area contributed by atoms with E-state index in [4.69, 9.17) is 4.74 Å². The summed E-state index contributed by atoms with van der Waals surface area (Å²) in [5, 5.41) is 0. The number of anilines is 1. The van der Waals surface area contributed by atoms with Crippen LogP contribution in [0.2, 0.25) is 0 Å². The third kappa shape index (κ3) is 3.66. The highest BCUT2D eigenvalue weighted by Crippen LogP contribution is 2.32. The lowest BCUT2D eigenvalue weighted by molar-refractivity contribution is -0.140. The van der Waals surface area contributed by atoms with Crippen LogP contribution in [0.1, 0.15) is 24.4 Å². The van der Waals surface area contributed by atoms with Gasteiger partial charge in [-0.25, -0.2) is 9.97 Å². The van der Waals surface area contributed by atoms with Gasteiger partial charge in [-0.1, -0.05) is 0 Å². The molecule has 4 rings (SSSR count). The minimum absolute atomic E-state index is 0.142. The van der Waals surface area contributed by atoms with Crippen LogP contribution in [0.5, 0.6) is 0 Å². The number of carbonyl (C=O) groups excluding carboxylic acids is 1. The summed E-state index contributed by atoms with van der Waals surface area (Å²) in [6, 6.07) is 0. The number of carbonyl (C=O) groups is 1. The summed E-state index contributed by atoms with van der Waals surface area (Å²) in [5.74, 6) is 1.94. The highest BCUT2D eigenvalue weighted by Gasteiger charge is 2.41. The van der Waals surface area contributed by atoms with Crippen molar-refractivity contribution in [2.24, 2.45) is 0 Å². The van der Waals surface area contributed by atoms with Gasteiger partial charge >= 0.3 is 0 Å². The molecule has 1 amide bonds. The molecule has 2 aliphatic rings. The van der Waals surface area contributed by atoms with Gasteiger partial charge in [0.2, 0.25) is 5.91 Å². The molecule has 0 atom stereocenters. The molecule has 0 aromatic carbocycles. The number of hydrogen-bond donors (Lipinski definition) is 0. The Bertz CT molecular complexity index is 812. The zero-order valence-corrected chi connectivity index (χ0v) is 16.0. The summed E-state index contributed by atoms with van der Waals surface area (Å²) in [6.45, 7) is 8.00. The maximum absolute atomic E-state index is 12.6. The number of ether oxygens (including phenoxy) is 1. The van der Waals surface area contributed by atoms with Crippen molar-refractivity contribution in [3.8, 4) is 0 Å². The van der Waals surface area contributed by atoms with Crippen molar-refractivity contribution in [1.29, 1.82) is 0 Å². The summed E-state index contributed by atoms with van der Waals surface area (Å²) < 4.78 is 8.10. The zero-order valence-electron chi connectivity index (χ0n) is 16.0. The van der Waals surface area contributed by atoms with E-state index in [1.54, 1.807) is 18.6 Å². The fraction of sp³-hybridized carbons (Fsp3) is 0.579. The van der Waals surface area contributed by atoms with Gasteiger partial charge in [0.15, 0.2) is 0 Å². The van der Waals surface area contributed by atoms with Gasteiger partial charge in [0.05, 0.1) is 17.9 Å². The maximum atomic E-state index is 12.6. The highest BCUT2D eigenvalue weighted by atomic mass is 16.5. The van der Waals surface area contributed by atoms with Crippen LogP contribution < -0.4 is 4.90 Å². The van der Waals surface area contributed by atoms with E-state index in [1.165, 1.54) is 0 Å². The first-order chi connectivity index (χ1) is 13.1. The molecule has 1 spiro atoms. The standard InChI is InChI=1S/C19H26N6O2/c1-15-18(22-6-5-20-15)25-11-12-27-19(14-25)3-8-23(9-4-19)17(26)13-24-10-7-21-16(24)2/h5-7,10H,3-4,8-9,11-14H2,1-2H3. The Morgan fingerprint density at radius 1 is 1.11 bits per heavy atom. The average molecular weight is 370 g/mol. The molecule has 27 heavy (non-hydrogen) atoms. The van der Waals surface area contributed by atoms with E-state index in [2.05, 4.69) is 19.9 Å². The summed E-state index contributed by atoms with van der Waals surface area (Å²) >= 11 is 0. The van der Waals surface area contributed by atoms with Gasteiger partial charge in [-0.3, -0.25) is 9.78 Å². The van der Waals surface area contributed by atoms with E-state index in [0.717, 1.165) is 56.4 Å². The Labute approximate surface area is 159 Å². The van der Waals surface area contributed by atoms with Crippen LogP contribution in [-0.2, 0) is 16.1 Å². The molecule has 144 valence electrons. The molecule has 0 N–H and O–H groups in total. The largest absolute Gasteiger partial charge is 0.371 e. The molecule has 2 aliphatic heterocycles. The molecule has 2 saturated heterocycles. The lowest BCUT2D eigenvalue weighted by Crippen LogP contribution is -2.58. The third-order valence-electron chi connectivity index (χ3n) is 5.66. The van der Waals surface area contributed by atoms with E-state index < -0.39 is 0 Å². The first-order valence-electron chi connectivity index (χ1n) is 9.48. The lowest BCUT2D eigenvalue weighted by atomic mass is 9.89. The second kappa shape index (κ2) is 7.26. The first-order valence-corrected chi connectivity index (χ1v) is 9.48. The predicted octanol–water partition coefficient (Wildman–Crippen LogP) is 1.19. The number of hydrogen-bond acceptors (Lipinski definition) is 6. The number of rotatable bonds is 3. The van der Waals surface area contributed by atoms with Crippen molar-refractivity contribution in [3.63, 3.8) is 0 Å². The molecule has 2 aromatic heterocycles. The van der Waals surface area contributed by atoms with Crippen molar-refractivity contribution in [3.05, 3.63) is 36.3 Å². The van der Waals surface area contributed by atoms with E-state index >= 15 is 0 Å². The molecule has 0 unspecified atom stereocenters. The number of amides is 1. The van der Waals surface area contributed by atoms with Crippen LogP contribution in [0.15, 0.2) is 24.8 Å². The Morgan fingerprint density at radius 2 is 1.89 bits per heavy atom. The fourth-order valence-electron chi connectivity index (χ4n) is 4.02. The van der Waals surface area contributed by atoms with Crippen LogP contribution in [0.3, 0.4) is 0 Å². The fourth-order valence-corrected chi connectivity index (χ4v) is 4.02. The van der Waals surface area contributed by atoms with Crippen LogP contribution >= 0.6 is 0 Å². The van der Waals surface area contributed by atoms with Crippen molar-refractivity contribution >= 4 is 11.7 Å². The highest BCUT2D eigenvalue weighted by molar-refractivity contribution is 5.76. The molecule has 2 aromatic rings. The number of morpholine rings is 1. The van der Waals surface area contributed by atoms with Gasteiger partial charge in [0.25, 0.3) is 0 Å². The summed E-state index contributed by atoms with van der Waals surface area (Å²) in [4.78, 5) is 29.9. The molecule has 0 saturated carbocycles. The van der Waals surface area contributed by atoms with Crippen molar-refractivity contribution in [2.45, 2.75) is 38.8 Å². The molecule has 0 aliphatic carbocycles. The summed E-state index contributed by atoms with van der Waals surface area (Å²) in [7, 11) is 0. The summed E-state index contributed by atoms with van der Waals surface area (Å²) in [5.41, 5.74) is 0.738. The molecule has 0 bridgehead atoms. The van der Waals surface area contributed by atoms with Crippen LogP contribution in [-0.4, -0.2) is 68.7 Å². The van der Waals surface area contributed by atoms with Crippen LogP contribution in [0.25, 0.3) is 0 Å². The molecular weight excluding hydrogens is 344 g/mol. The summed E-state index contributed by atoms with van der Waals surface area (Å²) in [6.07, 6.45) is 8.73. The second-order valence-corrected chi connectivity index (χ2v) is 7.40. The minimum atomic E-state index is -0.204. The van der Waals surface area contributed by atoms with Gasteiger partial charge in [-0.2, -0.15) is 0 Å². The second-order valence-electron chi connectivity index (χ2n) is 7.40. The number of nitrogens with zero attached hydrogens (tertiary/aromatic N) is 6. The van der Waals surface area contributed by atoms with E-state index in [0.29, 0.717) is 13.2 Å². The zero-order chi connectivity index (χ0) is 18.9. The van der Waals surface area contributed by atoms with Gasteiger partial charge in [-0.05, 0) is 26.7 Å². The lowest BCUT2D eigenvalue weighted by Gasteiger charge is -2.47. The van der Waals surface area contributed by atoms with Crippen LogP contribution in [0.4, 0.5) is 5.82 Å². The van der Waals surface area contributed by atoms with Gasteiger partial charge in [-0.15, -0.1) is 0 Å². The Hall–Kier alpha value is -2.48. The van der Waals surface area contributed by atoms with E-state index in [9.17, 15) is 4.79 Å². The van der Waals surface area contributed by atoms with Gasteiger partial charge in [0.1, 0.15) is 18.2 Å². The smallest absolute Gasteiger partial charge is 0.242 e. The van der Waals surface area contributed by atoms with Crippen molar-refractivity contribution in [1.82, 2.24) is 24.4 Å². The Morgan fingerprint density at radius 3 is 2.59 bits per heavy atom. The molecule has 0 radical (unpaired) electrons. The van der Waals surface area contributed by atoms with E-state index in [1.807, 2.05) is 29.5 Å². The van der Waals surface area contributed by atoms with Crippen LogP contribution in [0, 0.1) is 13.8 Å². The Balaban J connectivity index is 1.38. The monoisotopic (exact) mass is 370 g/mol. The molecule has 2 fully saturated rings. The van der Waals surface area contributed by atoms with Gasteiger partial charge in [0, 0.05) is 51.0 Å². The van der Waals surface area contributed by atoms with Crippen molar-refractivity contribution in [2.75, 3.05) is 37.7 Å². The molecule has 8 nitrogen and oxygen atoms in total. The molecule has 8 heteroatoms. The Kier molecular flexibility index (Phi) is 4.82. The SMILES string of the molecule is Cc1nccnc1N1CCOC2(CCN(C(=O)Cn3ccnc3C)CC2)C1. The predicted molar refractivity (Wildman–Crippen MR) is 100 cm³/mol. The van der Waals surface area contributed by atoms with Gasteiger partial charge < -0.3 is 19.1 Å². The number of aromatic nitrogens is 4. The van der Waals surface area contributed by atoms with Crippen molar-refractivity contribution < 1.29 is 9.53 Å². The molecule has 4 heterocycles. The minimum Gasteiger partial charge on any atom is -0.371 e. The number of piperidine rings is 1. The maximum Gasteiger partial charge on any atom is 0.242 e. The molecular formula is C19H26N6O2. The number of imidazole rings is 1. The first kappa shape index (κ1) is 17.9. The number of aryl methyl sites for hydroxylation is 2. The quantitative estimate of drug-likeness (QED) is 0.808. The average Bonchev–Trinajstić information content (AvgIpc) is 3.07.